The number of carboxylic acid groups (broad SMARTS) is 1. The molecule has 0 aromatic heterocycles. The molecule has 1 aliphatic rings. The van der Waals surface area contributed by atoms with E-state index in [1.54, 1.807) is 24.1 Å². The first kappa shape index (κ1) is 16.3. The van der Waals surface area contributed by atoms with Crippen molar-refractivity contribution in [3.05, 3.63) is 29.8 Å². The third-order valence-corrected chi connectivity index (χ3v) is 4.12. The number of nitrogens with zero attached hydrogens (tertiary/aromatic N) is 1. The monoisotopic (exact) mass is 305 g/mol. The number of likely N-dealkylation sites (tertiary alicyclic amines) is 1. The van der Waals surface area contributed by atoms with Crippen molar-refractivity contribution in [3.63, 3.8) is 0 Å². The summed E-state index contributed by atoms with van der Waals surface area (Å²) < 4.78 is 5.09. The molecule has 0 spiro atoms. The summed E-state index contributed by atoms with van der Waals surface area (Å²) in [6.45, 7) is 1.52. The summed E-state index contributed by atoms with van der Waals surface area (Å²) >= 11 is 0. The van der Waals surface area contributed by atoms with Gasteiger partial charge in [0.1, 0.15) is 5.75 Å². The van der Waals surface area contributed by atoms with E-state index in [0.29, 0.717) is 6.42 Å². The highest BCUT2D eigenvalue weighted by atomic mass is 16.5. The van der Waals surface area contributed by atoms with Crippen LogP contribution in [0.2, 0.25) is 0 Å². The van der Waals surface area contributed by atoms with E-state index in [1.165, 1.54) is 0 Å². The Bertz CT molecular complexity index is 506. The predicted molar refractivity (Wildman–Crippen MR) is 82.9 cm³/mol. The molecule has 1 aromatic carbocycles. The second-order valence-corrected chi connectivity index (χ2v) is 5.73. The zero-order valence-corrected chi connectivity index (χ0v) is 13.0. The smallest absolute Gasteiger partial charge is 0.307 e. The van der Waals surface area contributed by atoms with Crippen LogP contribution >= 0.6 is 0 Å². The summed E-state index contributed by atoms with van der Waals surface area (Å²) in [5.74, 6) is -0.898. The number of piperidine rings is 1. The van der Waals surface area contributed by atoms with Gasteiger partial charge >= 0.3 is 5.97 Å². The second-order valence-electron chi connectivity index (χ2n) is 5.73. The number of carboxylic acids is 1. The van der Waals surface area contributed by atoms with Crippen molar-refractivity contribution in [2.45, 2.75) is 32.1 Å². The van der Waals surface area contributed by atoms with Gasteiger partial charge in [0.2, 0.25) is 5.91 Å². The van der Waals surface area contributed by atoms with Crippen molar-refractivity contribution in [2.75, 3.05) is 20.2 Å². The summed E-state index contributed by atoms with van der Waals surface area (Å²) in [4.78, 5) is 25.5. The van der Waals surface area contributed by atoms with Crippen molar-refractivity contribution < 1.29 is 19.4 Å². The number of amides is 1. The maximum atomic E-state index is 12.2. The van der Waals surface area contributed by atoms with Gasteiger partial charge in [-0.05, 0) is 43.4 Å². The minimum Gasteiger partial charge on any atom is -0.497 e. The van der Waals surface area contributed by atoms with Crippen LogP contribution in [-0.2, 0) is 16.0 Å². The lowest BCUT2D eigenvalue weighted by Crippen LogP contribution is -2.37. The topological polar surface area (TPSA) is 66.8 Å². The first-order valence-corrected chi connectivity index (χ1v) is 7.73. The minimum absolute atomic E-state index is 0.0411. The van der Waals surface area contributed by atoms with Crippen LogP contribution in [0.1, 0.15) is 31.2 Å². The molecule has 22 heavy (non-hydrogen) atoms. The molecular formula is C17H23NO4. The Morgan fingerprint density at radius 2 is 1.82 bits per heavy atom. The van der Waals surface area contributed by atoms with E-state index in [1.807, 2.05) is 12.1 Å². The van der Waals surface area contributed by atoms with Crippen molar-refractivity contribution in [1.82, 2.24) is 4.90 Å². The van der Waals surface area contributed by atoms with E-state index < -0.39 is 11.9 Å². The normalized spacial score (nSPS) is 16.1. The Balaban J connectivity index is 1.96. The molecule has 5 nitrogen and oxygen atoms in total. The summed E-state index contributed by atoms with van der Waals surface area (Å²) in [5.41, 5.74) is 0.902. The molecule has 0 saturated carbocycles. The van der Waals surface area contributed by atoms with E-state index in [2.05, 4.69) is 0 Å². The molecule has 5 heteroatoms. The average molecular weight is 305 g/mol. The molecular weight excluding hydrogens is 282 g/mol. The SMILES string of the molecule is COc1ccc(CC(CC(=O)N2CCCCC2)C(=O)O)cc1. The Labute approximate surface area is 130 Å². The van der Waals surface area contributed by atoms with Gasteiger partial charge in [0.15, 0.2) is 0 Å². The van der Waals surface area contributed by atoms with E-state index in [0.717, 1.165) is 43.7 Å². The molecule has 120 valence electrons. The number of hydrogen-bond donors (Lipinski definition) is 1. The van der Waals surface area contributed by atoms with Crippen LogP contribution in [0.15, 0.2) is 24.3 Å². The largest absolute Gasteiger partial charge is 0.497 e. The fourth-order valence-corrected chi connectivity index (χ4v) is 2.78. The van der Waals surface area contributed by atoms with Crippen molar-refractivity contribution in [2.24, 2.45) is 5.92 Å². The molecule has 0 bridgehead atoms. The van der Waals surface area contributed by atoms with Crippen LogP contribution in [-0.4, -0.2) is 42.1 Å². The van der Waals surface area contributed by atoms with Crippen LogP contribution in [0.25, 0.3) is 0 Å². The number of hydrogen-bond acceptors (Lipinski definition) is 3. The van der Waals surface area contributed by atoms with Gasteiger partial charge in [-0.2, -0.15) is 0 Å². The highest BCUT2D eigenvalue weighted by Crippen LogP contribution is 2.19. The summed E-state index contributed by atoms with van der Waals surface area (Å²) in [7, 11) is 1.59. The van der Waals surface area contributed by atoms with Crippen LogP contribution in [0.4, 0.5) is 0 Å². The quantitative estimate of drug-likeness (QED) is 0.876. The van der Waals surface area contributed by atoms with Crippen molar-refractivity contribution in [1.29, 1.82) is 0 Å². The number of methoxy groups -OCH3 is 1. The van der Waals surface area contributed by atoms with E-state index >= 15 is 0 Å². The molecule has 1 heterocycles. The molecule has 1 atom stereocenters. The highest BCUT2D eigenvalue weighted by Gasteiger charge is 2.25. The number of carbonyl (C=O) groups excluding carboxylic acids is 1. The first-order valence-electron chi connectivity index (χ1n) is 7.73. The molecule has 1 aromatic rings. The molecule has 2 rings (SSSR count). The fraction of sp³-hybridized carbons (Fsp3) is 0.529. The fourth-order valence-electron chi connectivity index (χ4n) is 2.78. The minimum atomic E-state index is -0.916. The Hall–Kier alpha value is -2.04. The van der Waals surface area contributed by atoms with Gasteiger partial charge in [-0.3, -0.25) is 9.59 Å². The molecule has 1 fully saturated rings. The van der Waals surface area contributed by atoms with Crippen LogP contribution in [0, 0.1) is 5.92 Å². The zero-order valence-electron chi connectivity index (χ0n) is 13.0. The Morgan fingerprint density at radius 1 is 1.18 bits per heavy atom. The molecule has 0 aliphatic carbocycles. The van der Waals surface area contributed by atoms with E-state index in [9.17, 15) is 14.7 Å². The zero-order chi connectivity index (χ0) is 15.9. The number of carbonyl (C=O) groups is 2. The lowest BCUT2D eigenvalue weighted by molar-refractivity contribution is -0.146. The molecule has 1 N–H and O–H groups in total. The van der Waals surface area contributed by atoms with Gasteiger partial charge in [0, 0.05) is 19.5 Å². The van der Waals surface area contributed by atoms with E-state index in [4.69, 9.17) is 4.74 Å². The number of rotatable bonds is 6. The second kappa shape index (κ2) is 7.82. The highest BCUT2D eigenvalue weighted by molar-refractivity contribution is 5.82. The third kappa shape index (κ3) is 4.48. The average Bonchev–Trinajstić information content (AvgIpc) is 2.55. The van der Waals surface area contributed by atoms with Crippen molar-refractivity contribution >= 4 is 11.9 Å². The van der Waals surface area contributed by atoms with Crippen LogP contribution < -0.4 is 4.74 Å². The number of benzene rings is 1. The lowest BCUT2D eigenvalue weighted by atomic mass is 9.95. The van der Waals surface area contributed by atoms with Crippen molar-refractivity contribution in [3.8, 4) is 5.75 Å². The molecule has 0 radical (unpaired) electrons. The van der Waals surface area contributed by atoms with Gasteiger partial charge in [0.05, 0.1) is 13.0 Å². The lowest BCUT2D eigenvalue weighted by Gasteiger charge is -2.27. The predicted octanol–water partition coefficient (Wildman–Crippen LogP) is 2.34. The summed E-state index contributed by atoms with van der Waals surface area (Å²) in [6, 6.07) is 7.31. The maximum absolute atomic E-state index is 12.2. The molecule has 1 amide bonds. The van der Waals surface area contributed by atoms with Gasteiger partial charge in [-0.1, -0.05) is 12.1 Å². The molecule has 1 saturated heterocycles. The Morgan fingerprint density at radius 3 is 2.36 bits per heavy atom. The number of ether oxygens (including phenoxy) is 1. The molecule has 1 unspecified atom stereocenters. The van der Waals surface area contributed by atoms with Gasteiger partial charge < -0.3 is 14.7 Å². The third-order valence-electron chi connectivity index (χ3n) is 4.12. The molecule has 1 aliphatic heterocycles. The van der Waals surface area contributed by atoms with E-state index in [-0.39, 0.29) is 12.3 Å². The maximum Gasteiger partial charge on any atom is 0.307 e. The van der Waals surface area contributed by atoms with Gasteiger partial charge in [-0.25, -0.2) is 0 Å². The first-order chi connectivity index (χ1) is 10.6. The van der Waals surface area contributed by atoms with Crippen LogP contribution in [0.3, 0.4) is 0 Å². The van der Waals surface area contributed by atoms with Gasteiger partial charge in [-0.15, -0.1) is 0 Å². The number of aliphatic carboxylic acids is 1. The summed E-state index contributed by atoms with van der Waals surface area (Å²) in [6.07, 6.45) is 3.61. The summed E-state index contributed by atoms with van der Waals surface area (Å²) in [5, 5.41) is 9.39. The Kier molecular flexibility index (Phi) is 5.81. The standard InChI is InChI=1S/C17H23NO4/c1-22-15-7-5-13(6-8-15)11-14(17(20)21)12-16(19)18-9-3-2-4-10-18/h5-8,14H,2-4,9-12H2,1H3,(H,20,21). The van der Waals surface area contributed by atoms with Gasteiger partial charge in [0.25, 0.3) is 0 Å². The van der Waals surface area contributed by atoms with Crippen LogP contribution in [0.5, 0.6) is 5.75 Å².